The van der Waals surface area contributed by atoms with Gasteiger partial charge in [-0.3, -0.25) is 0 Å². The molecule has 4 aliphatic rings. The zero-order chi connectivity index (χ0) is 33.0. The Hall–Kier alpha value is -0.320. The van der Waals surface area contributed by atoms with Crippen LogP contribution in [0.25, 0.3) is 0 Å². The molecule has 46 heavy (non-hydrogen) atoms. The van der Waals surface area contributed by atoms with Crippen molar-refractivity contribution in [3.8, 4) is 0 Å². The third kappa shape index (κ3) is 9.07. The van der Waals surface area contributed by atoms with Crippen molar-refractivity contribution in [1.29, 1.82) is 0 Å². The van der Waals surface area contributed by atoms with Gasteiger partial charge in [-0.25, -0.2) is 0 Å². The molecule has 4 rings (SSSR count). The predicted molar refractivity (Wildman–Crippen MR) is 191 cm³/mol. The topological polar surface area (TPSA) is 130 Å². The number of rotatable bonds is 22. The summed E-state index contributed by atoms with van der Waals surface area (Å²) in [6.45, 7) is 18.9. The molecule has 0 saturated heterocycles. The monoisotopic (exact) mass is 650 g/mol. The molecule has 0 aromatic heterocycles. The minimum Gasteiger partial charge on any atom is -0.378 e. The van der Waals surface area contributed by atoms with Gasteiger partial charge in [0.15, 0.2) is 0 Å². The summed E-state index contributed by atoms with van der Waals surface area (Å²) in [5.41, 5.74) is 18.2. The SMILES string of the molecule is CCNCCCNCCC[C@@H](C)[C@H]1CC[C@H]2C3[C@H](OCCCN)CC4C[C@H](OCCCN)CCC4(C)[C@H]3C[C@H](OCCCN)C12C. The van der Waals surface area contributed by atoms with Gasteiger partial charge in [-0.05, 0) is 170 Å². The van der Waals surface area contributed by atoms with E-state index in [1.807, 2.05) is 0 Å². The fourth-order valence-corrected chi connectivity index (χ4v) is 11.0. The lowest BCUT2D eigenvalue weighted by atomic mass is 9.43. The number of nitrogens with two attached hydrogens (primary N) is 3. The highest BCUT2D eigenvalue weighted by Crippen LogP contribution is 2.69. The molecule has 0 aliphatic heterocycles. The van der Waals surface area contributed by atoms with Gasteiger partial charge in [0.2, 0.25) is 0 Å². The maximum atomic E-state index is 7.01. The molecule has 0 amide bonds. The largest absolute Gasteiger partial charge is 0.378 e. The number of hydrogen-bond donors (Lipinski definition) is 5. The van der Waals surface area contributed by atoms with E-state index in [4.69, 9.17) is 31.4 Å². The molecule has 0 aromatic rings. The van der Waals surface area contributed by atoms with E-state index in [0.29, 0.717) is 78.9 Å². The van der Waals surface area contributed by atoms with Gasteiger partial charge in [-0.1, -0.05) is 27.7 Å². The van der Waals surface area contributed by atoms with E-state index in [1.165, 1.54) is 57.8 Å². The fraction of sp³-hybridized carbons (Fsp3) is 1.00. The van der Waals surface area contributed by atoms with Gasteiger partial charge in [0.1, 0.15) is 0 Å². The first-order valence-corrected chi connectivity index (χ1v) is 19.7. The summed E-state index contributed by atoms with van der Waals surface area (Å²) in [5, 5.41) is 7.13. The van der Waals surface area contributed by atoms with Crippen molar-refractivity contribution >= 4 is 0 Å². The van der Waals surface area contributed by atoms with Crippen LogP contribution in [-0.4, -0.2) is 83.9 Å². The zero-order valence-electron chi connectivity index (χ0n) is 30.4. The first-order valence-electron chi connectivity index (χ1n) is 19.7. The van der Waals surface area contributed by atoms with Crippen LogP contribution in [0.3, 0.4) is 0 Å². The molecule has 4 saturated carbocycles. The van der Waals surface area contributed by atoms with Gasteiger partial charge >= 0.3 is 0 Å². The number of hydrogen-bond acceptors (Lipinski definition) is 8. The van der Waals surface area contributed by atoms with Crippen LogP contribution in [0.1, 0.15) is 111 Å². The van der Waals surface area contributed by atoms with Crippen LogP contribution in [-0.2, 0) is 14.2 Å². The molecule has 4 aliphatic carbocycles. The van der Waals surface area contributed by atoms with Crippen molar-refractivity contribution in [2.75, 3.05) is 65.6 Å². The summed E-state index contributed by atoms with van der Waals surface area (Å²) in [5.74, 6) is 3.88. The first kappa shape index (κ1) is 38.5. The molecule has 8 heteroatoms. The zero-order valence-corrected chi connectivity index (χ0v) is 30.4. The summed E-state index contributed by atoms with van der Waals surface area (Å²) in [4.78, 5) is 0. The Morgan fingerprint density at radius 3 is 2.13 bits per heavy atom. The van der Waals surface area contributed by atoms with Crippen LogP contribution in [0, 0.1) is 46.3 Å². The Bertz CT molecular complexity index is 851. The van der Waals surface area contributed by atoms with Crippen LogP contribution in [0.15, 0.2) is 0 Å². The number of fused-ring (bicyclic) bond motifs is 5. The molecule has 0 spiro atoms. The molecular weight excluding hydrogens is 574 g/mol. The molecule has 8 nitrogen and oxygen atoms in total. The number of nitrogens with one attached hydrogen (secondary N) is 2. The molecule has 270 valence electrons. The van der Waals surface area contributed by atoms with Gasteiger partial charge in [0.05, 0.1) is 18.3 Å². The van der Waals surface area contributed by atoms with Gasteiger partial charge in [0, 0.05) is 25.2 Å². The van der Waals surface area contributed by atoms with E-state index in [2.05, 4.69) is 38.3 Å². The van der Waals surface area contributed by atoms with Gasteiger partial charge in [0.25, 0.3) is 0 Å². The highest BCUT2D eigenvalue weighted by atomic mass is 16.5. The third-order valence-electron chi connectivity index (χ3n) is 13.5. The van der Waals surface area contributed by atoms with Gasteiger partial charge in [-0.2, -0.15) is 0 Å². The van der Waals surface area contributed by atoms with Crippen LogP contribution in [0.4, 0.5) is 0 Å². The molecule has 0 radical (unpaired) electrons. The van der Waals surface area contributed by atoms with Crippen LogP contribution in [0.2, 0.25) is 0 Å². The lowest BCUT2D eigenvalue weighted by molar-refractivity contribution is -0.227. The second-order valence-electron chi connectivity index (χ2n) is 16.1. The average molecular weight is 650 g/mol. The van der Waals surface area contributed by atoms with Gasteiger partial charge < -0.3 is 42.0 Å². The first-order chi connectivity index (χ1) is 22.3. The molecule has 4 unspecified atom stereocenters. The fourth-order valence-electron chi connectivity index (χ4n) is 11.0. The summed E-state index contributed by atoms with van der Waals surface area (Å²) < 4.78 is 20.3. The van der Waals surface area contributed by atoms with Crippen LogP contribution >= 0.6 is 0 Å². The minimum atomic E-state index is 0.176. The maximum absolute atomic E-state index is 7.01. The summed E-state index contributed by atoms with van der Waals surface area (Å²) >= 11 is 0. The minimum absolute atomic E-state index is 0.176. The Balaban J connectivity index is 1.52. The Labute approximate surface area is 283 Å². The van der Waals surface area contributed by atoms with Gasteiger partial charge in [-0.15, -0.1) is 0 Å². The van der Waals surface area contributed by atoms with Crippen molar-refractivity contribution < 1.29 is 14.2 Å². The second kappa shape index (κ2) is 19.2. The normalized spacial score (nSPS) is 37.9. The molecule has 4 fully saturated rings. The highest BCUT2D eigenvalue weighted by Gasteiger charge is 2.66. The molecular formula is C38H75N5O3. The van der Waals surface area contributed by atoms with E-state index in [-0.39, 0.29) is 5.41 Å². The van der Waals surface area contributed by atoms with Crippen molar-refractivity contribution in [1.82, 2.24) is 10.6 Å². The predicted octanol–water partition coefficient (Wildman–Crippen LogP) is 5.07. The van der Waals surface area contributed by atoms with E-state index in [0.717, 1.165) is 71.7 Å². The molecule has 0 bridgehead atoms. The smallest absolute Gasteiger partial charge is 0.0637 e. The summed E-state index contributed by atoms with van der Waals surface area (Å²) in [7, 11) is 0. The van der Waals surface area contributed by atoms with Crippen molar-refractivity contribution in [2.45, 2.75) is 129 Å². The number of ether oxygens (including phenoxy) is 3. The lowest BCUT2D eigenvalue weighted by Gasteiger charge is -2.65. The van der Waals surface area contributed by atoms with Crippen molar-refractivity contribution in [3.63, 3.8) is 0 Å². The van der Waals surface area contributed by atoms with E-state index >= 15 is 0 Å². The average Bonchev–Trinajstić information content (AvgIpc) is 3.41. The van der Waals surface area contributed by atoms with Crippen LogP contribution in [0.5, 0.6) is 0 Å². The van der Waals surface area contributed by atoms with Crippen molar-refractivity contribution in [3.05, 3.63) is 0 Å². The third-order valence-corrected chi connectivity index (χ3v) is 13.5. The lowest BCUT2D eigenvalue weighted by Crippen LogP contribution is -2.63. The molecule has 0 aromatic carbocycles. The van der Waals surface area contributed by atoms with Crippen molar-refractivity contribution in [2.24, 2.45) is 63.5 Å². The van der Waals surface area contributed by atoms with Crippen LogP contribution < -0.4 is 27.8 Å². The standard InChI is InChI=1S/C38H75N5O3/c1-5-42-20-10-21-43-19-6-11-28(2)31-12-13-32-36-33(27-35(38(31,32)4)46-24-9-18-41)37(3)15-14-30(44-22-7-16-39)25-29(37)26-34(36)45-23-8-17-40/h28-36,42-43H,5-27,39-41H2,1-4H3/t28-,29?,30-,31-,32+,33+,34-,35+,36?,37?,38?/m1/s1. The summed E-state index contributed by atoms with van der Waals surface area (Å²) in [6.07, 6.45) is 16.1. The molecule has 0 heterocycles. The van der Waals surface area contributed by atoms with E-state index in [1.54, 1.807) is 0 Å². The summed E-state index contributed by atoms with van der Waals surface area (Å²) in [6, 6.07) is 0. The Morgan fingerprint density at radius 2 is 1.41 bits per heavy atom. The Kier molecular flexibility index (Phi) is 16.0. The molecule has 11 atom stereocenters. The van der Waals surface area contributed by atoms with E-state index < -0.39 is 0 Å². The molecule has 8 N–H and O–H groups in total. The quantitative estimate of drug-likeness (QED) is 0.103. The van der Waals surface area contributed by atoms with E-state index in [9.17, 15) is 0 Å². The second-order valence-corrected chi connectivity index (χ2v) is 16.1. The maximum Gasteiger partial charge on any atom is 0.0637 e. The Morgan fingerprint density at radius 1 is 0.739 bits per heavy atom. The highest BCUT2D eigenvalue weighted by molar-refractivity contribution is 5.15.